The SMILES string of the molecule is CCc1nnc(NNC(=O)C(c2ccccc2)c2ccccc2)[nH]c1=O. The summed E-state index contributed by atoms with van der Waals surface area (Å²) in [6, 6.07) is 18.9. The molecule has 2 aromatic carbocycles. The number of H-pyrrole nitrogens is 1. The maximum Gasteiger partial charge on any atom is 0.274 e. The van der Waals surface area contributed by atoms with Crippen LogP contribution in [-0.4, -0.2) is 21.1 Å². The number of amides is 1. The Morgan fingerprint density at radius 2 is 1.58 bits per heavy atom. The fourth-order valence-electron chi connectivity index (χ4n) is 2.63. The Balaban J connectivity index is 1.80. The number of hydrogen-bond acceptors (Lipinski definition) is 5. The van der Waals surface area contributed by atoms with Crippen molar-refractivity contribution in [3.63, 3.8) is 0 Å². The molecule has 0 bridgehead atoms. The van der Waals surface area contributed by atoms with E-state index in [0.717, 1.165) is 11.1 Å². The van der Waals surface area contributed by atoms with Crippen LogP contribution >= 0.6 is 0 Å². The van der Waals surface area contributed by atoms with E-state index in [1.165, 1.54) is 0 Å². The quantitative estimate of drug-likeness (QED) is 0.591. The molecule has 7 heteroatoms. The summed E-state index contributed by atoms with van der Waals surface area (Å²) in [6.45, 7) is 1.82. The lowest BCUT2D eigenvalue weighted by molar-refractivity contribution is -0.121. The molecule has 0 saturated heterocycles. The van der Waals surface area contributed by atoms with Crippen LogP contribution < -0.4 is 16.4 Å². The van der Waals surface area contributed by atoms with Gasteiger partial charge in [-0.1, -0.05) is 67.6 Å². The number of carbonyl (C=O) groups excluding carboxylic acids is 1. The summed E-state index contributed by atoms with van der Waals surface area (Å²) in [4.78, 5) is 27.1. The van der Waals surface area contributed by atoms with E-state index < -0.39 is 5.92 Å². The summed E-state index contributed by atoms with van der Waals surface area (Å²) < 4.78 is 0. The Morgan fingerprint density at radius 3 is 2.08 bits per heavy atom. The first-order chi connectivity index (χ1) is 12.7. The fourth-order valence-corrected chi connectivity index (χ4v) is 2.63. The number of hydrogen-bond donors (Lipinski definition) is 3. The largest absolute Gasteiger partial charge is 0.288 e. The molecule has 26 heavy (non-hydrogen) atoms. The summed E-state index contributed by atoms with van der Waals surface area (Å²) >= 11 is 0. The maximum atomic E-state index is 12.8. The maximum absolute atomic E-state index is 12.8. The van der Waals surface area contributed by atoms with Gasteiger partial charge in [-0.05, 0) is 17.5 Å². The lowest BCUT2D eigenvalue weighted by Gasteiger charge is -2.18. The second-order valence-electron chi connectivity index (χ2n) is 5.67. The van der Waals surface area contributed by atoms with Gasteiger partial charge in [0.1, 0.15) is 5.69 Å². The molecule has 0 saturated carbocycles. The summed E-state index contributed by atoms with van der Waals surface area (Å²) in [5, 5.41) is 7.68. The highest BCUT2D eigenvalue weighted by Crippen LogP contribution is 2.24. The molecule has 3 N–H and O–H groups in total. The van der Waals surface area contributed by atoms with Gasteiger partial charge < -0.3 is 0 Å². The zero-order chi connectivity index (χ0) is 18.4. The Bertz CT molecular complexity index is 886. The van der Waals surface area contributed by atoms with Crippen molar-refractivity contribution < 1.29 is 4.79 Å². The molecule has 3 rings (SSSR count). The van der Waals surface area contributed by atoms with Crippen molar-refractivity contribution in [1.82, 2.24) is 20.6 Å². The molecular weight excluding hydrogens is 330 g/mol. The lowest BCUT2D eigenvalue weighted by atomic mass is 9.91. The molecule has 1 aromatic heterocycles. The van der Waals surface area contributed by atoms with Gasteiger partial charge in [-0.2, -0.15) is 0 Å². The van der Waals surface area contributed by atoms with Crippen LogP contribution in [-0.2, 0) is 11.2 Å². The average molecular weight is 349 g/mol. The van der Waals surface area contributed by atoms with E-state index in [4.69, 9.17) is 0 Å². The van der Waals surface area contributed by atoms with Gasteiger partial charge in [0.15, 0.2) is 0 Å². The first-order valence-electron chi connectivity index (χ1n) is 8.30. The highest BCUT2D eigenvalue weighted by Gasteiger charge is 2.22. The van der Waals surface area contributed by atoms with E-state index in [-0.39, 0.29) is 17.4 Å². The van der Waals surface area contributed by atoms with Crippen LogP contribution in [0.2, 0.25) is 0 Å². The number of benzene rings is 2. The summed E-state index contributed by atoms with van der Waals surface area (Å²) in [5.41, 5.74) is 6.96. The van der Waals surface area contributed by atoms with Gasteiger partial charge in [0.05, 0.1) is 5.92 Å². The Kier molecular flexibility index (Phi) is 5.38. The average Bonchev–Trinajstić information content (AvgIpc) is 2.68. The molecule has 0 aliphatic rings. The number of nitrogens with one attached hydrogen (secondary N) is 3. The molecule has 0 fully saturated rings. The minimum Gasteiger partial charge on any atom is -0.288 e. The second-order valence-corrected chi connectivity index (χ2v) is 5.67. The molecule has 1 amide bonds. The number of aromatic nitrogens is 3. The van der Waals surface area contributed by atoms with E-state index in [1.54, 1.807) is 0 Å². The number of rotatable bonds is 6. The van der Waals surface area contributed by atoms with Crippen LogP contribution in [0.5, 0.6) is 0 Å². The van der Waals surface area contributed by atoms with E-state index in [1.807, 2.05) is 67.6 Å². The van der Waals surface area contributed by atoms with Crippen molar-refractivity contribution >= 4 is 11.9 Å². The van der Waals surface area contributed by atoms with Gasteiger partial charge in [-0.15, -0.1) is 10.2 Å². The molecule has 0 spiro atoms. The molecule has 0 aliphatic carbocycles. The number of anilines is 1. The van der Waals surface area contributed by atoms with Crippen molar-refractivity contribution in [2.45, 2.75) is 19.3 Å². The third-order valence-corrected chi connectivity index (χ3v) is 3.93. The van der Waals surface area contributed by atoms with Crippen LogP contribution in [0.4, 0.5) is 5.95 Å². The van der Waals surface area contributed by atoms with Crippen LogP contribution in [0.15, 0.2) is 65.5 Å². The zero-order valence-electron chi connectivity index (χ0n) is 14.3. The standard InChI is InChI=1S/C19H19N5O2/c1-2-15-17(25)20-19(23-21-15)24-22-18(26)16(13-9-5-3-6-10-13)14-11-7-4-8-12-14/h3-12,16H,2H2,1H3,(H,22,26)(H2,20,23,24,25). The Morgan fingerprint density at radius 1 is 1.00 bits per heavy atom. The third kappa shape index (κ3) is 3.94. The van der Waals surface area contributed by atoms with Crippen LogP contribution in [0.3, 0.4) is 0 Å². The van der Waals surface area contributed by atoms with Crippen molar-refractivity contribution in [3.05, 3.63) is 87.8 Å². The molecular formula is C19H19N5O2. The fraction of sp³-hybridized carbons (Fsp3) is 0.158. The van der Waals surface area contributed by atoms with Crippen molar-refractivity contribution in [1.29, 1.82) is 0 Å². The first-order valence-corrected chi connectivity index (χ1v) is 8.30. The molecule has 3 aromatic rings. The molecule has 0 aliphatic heterocycles. The summed E-state index contributed by atoms with van der Waals surface area (Å²) in [7, 11) is 0. The van der Waals surface area contributed by atoms with Crippen molar-refractivity contribution in [2.75, 3.05) is 5.43 Å². The van der Waals surface area contributed by atoms with Gasteiger partial charge in [-0.3, -0.25) is 25.4 Å². The number of carbonyl (C=O) groups is 1. The van der Waals surface area contributed by atoms with Crippen molar-refractivity contribution in [2.24, 2.45) is 0 Å². The topological polar surface area (TPSA) is 99.8 Å². The van der Waals surface area contributed by atoms with Crippen LogP contribution in [0.1, 0.15) is 29.7 Å². The molecule has 7 nitrogen and oxygen atoms in total. The minimum atomic E-state index is -0.500. The van der Waals surface area contributed by atoms with E-state index in [0.29, 0.717) is 12.1 Å². The Labute approximate surface area is 150 Å². The highest BCUT2D eigenvalue weighted by molar-refractivity contribution is 5.87. The monoisotopic (exact) mass is 349 g/mol. The number of hydrazine groups is 1. The van der Waals surface area contributed by atoms with Crippen molar-refractivity contribution in [3.8, 4) is 0 Å². The molecule has 0 unspecified atom stereocenters. The highest BCUT2D eigenvalue weighted by atomic mass is 16.2. The summed E-state index contributed by atoms with van der Waals surface area (Å²) in [5.74, 6) is -0.690. The van der Waals surface area contributed by atoms with Gasteiger partial charge in [0.25, 0.3) is 5.56 Å². The molecule has 0 atom stereocenters. The molecule has 0 radical (unpaired) electrons. The normalized spacial score (nSPS) is 10.5. The lowest BCUT2D eigenvalue weighted by Crippen LogP contribution is -2.36. The predicted octanol–water partition coefficient (Wildman–Crippen LogP) is 2.00. The predicted molar refractivity (Wildman–Crippen MR) is 98.5 cm³/mol. The van der Waals surface area contributed by atoms with Gasteiger partial charge >= 0.3 is 0 Å². The zero-order valence-corrected chi connectivity index (χ0v) is 14.3. The van der Waals surface area contributed by atoms with Gasteiger partial charge in [0, 0.05) is 0 Å². The van der Waals surface area contributed by atoms with Gasteiger partial charge in [-0.25, -0.2) is 0 Å². The van der Waals surface area contributed by atoms with E-state index >= 15 is 0 Å². The Hall–Kier alpha value is -3.48. The summed E-state index contributed by atoms with van der Waals surface area (Å²) in [6.07, 6.45) is 0.485. The van der Waals surface area contributed by atoms with Crippen LogP contribution in [0, 0.1) is 0 Å². The number of aromatic amines is 1. The minimum absolute atomic E-state index is 0.0837. The smallest absolute Gasteiger partial charge is 0.274 e. The van der Waals surface area contributed by atoms with Gasteiger partial charge in [0.2, 0.25) is 11.9 Å². The molecule has 1 heterocycles. The van der Waals surface area contributed by atoms with E-state index in [2.05, 4.69) is 26.0 Å². The second kappa shape index (κ2) is 8.06. The number of nitrogens with zero attached hydrogens (tertiary/aromatic N) is 2. The molecule has 132 valence electrons. The third-order valence-electron chi connectivity index (χ3n) is 3.93. The first kappa shape index (κ1) is 17.3. The van der Waals surface area contributed by atoms with Crippen LogP contribution in [0.25, 0.3) is 0 Å². The number of aryl methyl sites for hydroxylation is 1. The van der Waals surface area contributed by atoms with E-state index in [9.17, 15) is 9.59 Å².